The number of aromatic nitrogens is 1. The molecule has 0 bridgehead atoms. The van der Waals surface area contributed by atoms with Crippen LogP contribution in [-0.4, -0.2) is 57.6 Å². The molecule has 1 unspecified atom stereocenters. The summed E-state index contributed by atoms with van der Waals surface area (Å²) in [6, 6.07) is 16.5. The van der Waals surface area contributed by atoms with Crippen LogP contribution in [0.5, 0.6) is 0 Å². The van der Waals surface area contributed by atoms with Crippen molar-refractivity contribution >= 4 is 27.8 Å². The first kappa shape index (κ1) is 21.7. The largest absolute Gasteiger partial charge is 0.396 e. The van der Waals surface area contributed by atoms with Gasteiger partial charge >= 0.3 is 6.03 Å². The number of carbonyl (C=O) groups is 1. The second kappa shape index (κ2) is 10.2. The van der Waals surface area contributed by atoms with Crippen LogP contribution in [0.15, 0.2) is 48.5 Å². The Kier molecular flexibility index (Phi) is 7.10. The molecule has 1 heterocycles. The van der Waals surface area contributed by atoms with E-state index in [1.54, 1.807) is 4.90 Å². The SMILES string of the molecule is O=C(NC1CCCCC1)N(CCCO)CC(O)Cn1c2ccccc2c2ccccc21. The molecule has 0 aliphatic heterocycles. The molecule has 3 N–H and O–H groups in total. The predicted octanol–water partition coefficient (Wildman–Crippen LogP) is 3.88. The van der Waals surface area contributed by atoms with Crippen molar-refractivity contribution in [3.8, 4) is 0 Å². The van der Waals surface area contributed by atoms with Gasteiger partial charge in [0.1, 0.15) is 0 Å². The van der Waals surface area contributed by atoms with Gasteiger partial charge in [0.15, 0.2) is 0 Å². The summed E-state index contributed by atoms with van der Waals surface area (Å²) >= 11 is 0. The first-order valence-electron chi connectivity index (χ1n) is 11.5. The Bertz CT molecular complexity index is 956. The van der Waals surface area contributed by atoms with Crippen molar-refractivity contribution in [1.82, 2.24) is 14.8 Å². The Labute approximate surface area is 183 Å². The van der Waals surface area contributed by atoms with Crippen molar-refractivity contribution < 1.29 is 15.0 Å². The van der Waals surface area contributed by atoms with E-state index in [2.05, 4.69) is 34.1 Å². The molecule has 3 aromatic rings. The number of rotatable bonds is 8. The lowest BCUT2D eigenvalue weighted by atomic mass is 9.96. The molecule has 2 amide bonds. The molecule has 1 atom stereocenters. The highest BCUT2D eigenvalue weighted by atomic mass is 16.3. The van der Waals surface area contributed by atoms with Gasteiger partial charge in [0.25, 0.3) is 0 Å². The van der Waals surface area contributed by atoms with Gasteiger partial charge in [-0.2, -0.15) is 0 Å². The molecule has 2 aromatic carbocycles. The van der Waals surface area contributed by atoms with Crippen LogP contribution in [0.25, 0.3) is 21.8 Å². The molecule has 1 aliphatic carbocycles. The summed E-state index contributed by atoms with van der Waals surface area (Å²) in [4.78, 5) is 14.6. The lowest BCUT2D eigenvalue weighted by Crippen LogP contribution is -2.48. The zero-order valence-electron chi connectivity index (χ0n) is 18.0. The number of aliphatic hydroxyl groups is 2. The fraction of sp³-hybridized carbons (Fsp3) is 0.480. The third-order valence-electron chi connectivity index (χ3n) is 6.31. The second-order valence-electron chi connectivity index (χ2n) is 8.61. The Morgan fingerprint density at radius 2 is 1.65 bits per heavy atom. The van der Waals surface area contributed by atoms with Crippen LogP contribution in [0.1, 0.15) is 38.5 Å². The van der Waals surface area contributed by atoms with Gasteiger partial charge in [0.2, 0.25) is 0 Å². The lowest BCUT2D eigenvalue weighted by Gasteiger charge is -2.30. The molecule has 1 saturated carbocycles. The van der Waals surface area contributed by atoms with Crippen molar-refractivity contribution in [2.75, 3.05) is 19.7 Å². The third kappa shape index (κ3) is 5.02. The monoisotopic (exact) mass is 423 g/mol. The number of nitrogens with one attached hydrogen (secondary N) is 1. The Morgan fingerprint density at radius 3 is 2.26 bits per heavy atom. The number of aliphatic hydroxyl groups excluding tert-OH is 2. The number of urea groups is 1. The number of benzene rings is 2. The average molecular weight is 424 g/mol. The molecule has 0 spiro atoms. The number of nitrogens with zero attached hydrogens (tertiary/aromatic N) is 2. The molecule has 31 heavy (non-hydrogen) atoms. The van der Waals surface area contributed by atoms with Crippen LogP contribution in [0, 0.1) is 0 Å². The van der Waals surface area contributed by atoms with Gasteiger partial charge in [-0.25, -0.2) is 4.79 Å². The van der Waals surface area contributed by atoms with Gasteiger partial charge in [-0.05, 0) is 31.4 Å². The highest BCUT2D eigenvalue weighted by molar-refractivity contribution is 6.07. The quantitative estimate of drug-likeness (QED) is 0.515. The first-order chi connectivity index (χ1) is 15.2. The van der Waals surface area contributed by atoms with Crippen molar-refractivity contribution in [2.24, 2.45) is 0 Å². The molecule has 166 valence electrons. The second-order valence-corrected chi connectivity index (χ2v) is 8.61. The van der Waals surface area contributed by atoms with Crippen LogP contribution in [0.3, 0.4) is 0 Å². The van der Waals surface area contributed by atoms with E-state index in [9.17, 15) is 15.0 Å². The van der Waals surface area contributed by atoms with E-state index in [1.165, 1.54) is 6.42 Å². The minimum absolute atomic E-state index is 0.0240. The number of amides is 2. The molecule has 1 aliphatic rings. The van der Waals surface area contributed by atoms with Gasteiger partial charge in [-0.3, -0.25) is 0 Å². The predicted molar refractivity (Wildman–Crippen MR) is 124 cm³/mol. The summed E-state index contributed by atoms with van der Waals surface area (Å²) in [6.07, 6.45) is 5.36. The minimum atomic E-state index is -0.713. The molecule has 0 saturated heterocycles. The maximum Gasteiger partial charge on any atom is 0.317 e. The summed E-state index contributed by atoms with van der Waals surface area (Å²) in [5.41, 5.74) is 2.16. The van der Waals surface area contributed by atoms with E-state index in [0.717, 1.165) is 47.5 Å². The number of para-hydroxylation sites is 2. The van der Waals surface area contributed by atoms with E-state index in [4.69, 9.17) is 0 Å². The Balaban J connectivity index is 1.49. The number of hydrogen-bond acceptors (Lipinski definition) is 3. The third-order valence-corrected chi connectivity index (χ3v) is 6.31. The van der Waals surface area contributed by atoms with Crippen LogP contribution < -0.4 is 5.32 Å². The minimum Gasteiger partial charge on any atom is -0.396 e. The van der Waals surface area contributed by atoms with E-state index in [1.807, 2.05) is 24.3 Å². The molecular formula is C25H33N3O3. The number of fused-ring (bicyclic) bond motifs is 3. The van der Waals surface area contributed by atoms with E-state index >= 15 is 0 Å². The molecule has 4 rings (SSSR count). The first-order valence-corrected chi connectivity index (χ1v) is 11.5. The van der Waals surface area contributed by atoms with Gasteiger partial charge in [0.05, 0.1) is 19.2 Å². The molecule has 1 aromatic heterocycles. The zero-order valence-corrected chi connectivity index (χ0v) is 18.0. The fourth-order valence-electron chi connectivity index (χ4n) is 4.77. The fourth-order valence-corrected chi connectivity index (χ4v) is 4.77. The maximum atomic E-state index is 12.9. The summed E-state index contributed by atoms with van der Waals surface area (Å²) in [5.74, 6) is 0. The zero-order chi connectivity index (χ0) is 21.6. The summed E-state index contributed by atoms with van der Waals surface area (Å²) in [5, 5.41) is 25.7. The molecule has 6 heteroatoms. The van der Waals surface area contributed by atoms with Crippen LogP contribution in [0.4, 0.5) is 4.79 Å². The topological polar surface area (TPSA) is 77.7 Å². The Morgan fingerprint density at radius 1 is 1.03 bits per heavy atom. The van der Waals surface area contributed by atoms with E-state index in [0.29, 0.717) is 19.5 Å². The van der Waals surface area contributed by atoms with Crippen LogP contribution in [0.2, 0.25) is 0 Å². The van der Waals surface area contributed by atoms with Gasteiger partial charge < -0.3 is 25.0 Å². The molecule has 6 nitrogen and oxygen atoms in total. The molecule has 0 radical (unpaired) electrons. The van der Waals surface area contributed by atoms with Gasteiger partial charge in [0, 0.05) is 41.0 Å². The van der Waals surface area contributed by atoms with E-state index in [-0.39, 0.29) is 25.2 Å². The van der Waals surface area contributed by atoms with Gasteiger partial charge in [-0.15, -0.1) is 0 Å². The summed E-state index contributed by atoms with van der Waals surface area (Å²) in [7, 11) is 0. The van der Waals surface area contributed by atoms with Gasteiger partial charge in [-0.1, -0.05) is 55.7 Å². The van der Waals surface area contributed by atoms with Crippen molar-refractivity contribution in [3.05, 3.63) is 48.5 Å². The maximum absolute atomic E-state index is 12.9. The Hall–Kier alpha value is -2.57. The van der Waals surface area contributed by atoms with Crippen LogP contribution >= 0.6 is 0 Å². The van der Waals surface area contributed by atoms with Crippen molar-refractivity contribution in [3.63, 3.8) is 0 Å². The number of hydrogen-bond donors (Lipinski definition) is 3. The highest BCUT2D eigenvalue weighted by Gasteiger charge is 2.22. The van der Waals surface area contributed by atoms with Crippen molar-refractivity contribution in [1.29, 1.82) is 0 Å². The van der Waals surface area contributed by atoms with Crippen molar-refractivity contribution in [2.45, 2.75) is 57.2 Å². The average Bonchev–Trinajstić information content (AvgIpc) is 3.11. The molecule has 1 fully saturated rings. The number of carbonyl (C=O) groups excluding carboxylic acids is 1. The van der Waals surface area contributed by atoms with E-state index < -0.39 is 6.10 Å². The normalized spacial score (nSPS) is 15.9. The smallest absolute Gasteiger partial charge is 0.317 e. The lowest BCUT2D eigenvalue weighted by molar-refractivity contribution is 0.104. The van der Waals surface area contributed by atoms with Crippen LogP contribution in [-0.2, 0) is 6.54 Å². The standard InChI is InChI=1S/C25H33N3O3/c29-16-8-15-27(25(31)26-19-9-2-1-3-10-19)17-20(30)18-28-23-13-6-4-11-21(23)22-12-5-7-14-24(22)28/h4-7,11-14,19-20,29-30H,1-3,8-10,15-18H2,(H,26,31). The summed E-state index contributed by atoms with van der Waals surface area (Å²) in [6.45, 7) is 1.09. The highest BCUT2D eigenvalue weighted by Crippen LogP contribution is 2.29. The molecular weight excluding hydrogens is 390 g/mol. The summed E-state index contributed by atoms with van der Waals surface area (Å²) < 4.78 is 2.14.